The molecule has 4 N–H and O–H groups in total. The van der Waals surface area contributed by atoms with E-state index in [1.54, 1.807) is 0 Å². The lowest BCUT2D eigenvalue weighted by atomic mass is 9.98. The number of aliphatic carboxylic acids is 1. The van der Waals surface area contributed by atoms with Gasteiger partial charge < -0.3 is 33.4 Å². The molecule has 1 aromatic rings. The van der Waals surface area contributed by atoms with Crippen LogP contribution in [-0.4, -0.2) is 69.4 Å². The number of benzene rings is 1. The second kappa shape index (κ2) is 15.3. The highest BCUT2D eigenvalue weighted by Crippen LogP contribution is 2.34. The van der Waals surface area contributed by atoms with E-state index in [-0.39, 0.29) is 6.54 Å². The normalized spacial score (nSPS) is 15.7. The zero-order valence-electron chi connectivity index (χ0n) is 27.0. The van der Waals surface area contributed by atoms with Crippen molar-refractivity contribution in [3.8, 4) is 0 Å². The van der Waals surface area contributed by atoms with E-state index in [2.05, 4.69) is 74.9 Å². The van der Waals surface area contributed by atoms with Gasteiger partial charge in [0.2, 0.25) is 5.91 Å². The summed E-state index contributed by atoms with van der Waals surface area (Å²) in [5.41, 5.74) is 1.84. The predicted molar refractivity (Wildman–Crippen MR) is 177 cm³/mol. The van der Waals surface area contributed by atoms with Gasteiger partial charge in [-0.25, -0.2) is 4.79 Å². The zero-order chi connectivity index (χ0) is 31.8. The number of hydrogen-bond acceptors (Lipinski definition) is 6. The summed E-state index contributed by atoms with van der Waals surface area (Å²) in [5, 5.41) is 17.4. The molecule has 14 heteroatoms. The summed E-state index contributed by atoms with van der Waals surface area (Å²) in [6.45, 7) is 19.4. The van der Waals surface area contributed by atoms with E-state index in [1.807, 2.05) is 24.3 Å². The lowest BCUT2D eigenvalue weighted by molar-refractivity contribution is -0.139. The molecular weight excluding hydrogens is 603 g/mol. The van der Waals surface area contributed by atoms with Gasteiger partial charge in [-0.15, -0.1) is 0 Å². The third-order valence-corrected chi connectivity index (χ3v) is 18.4. The standard InChI is InChI=1S/C28H53N3O7Si4/c1-39(2,3)36-42(37-40(4,5)6,38-41(7,8)9)20-12-19-29-27(34)25(21-26(32)33)31-28(35)30-24-17-15-23(16-18-24)22-13-10-11-14-22/h15-18,22,25H,10-14,19-21H2,1-9H3,(H,29,34)(H,32,33)(H2,30,31,35). The first-order chi connectivity index (χ1) is 19.3. The maximum Gasteiger partial charge on any atom is 0.469 e. The van der Waals surface area contributed by atoms with Gasteiger partial charge in [-0.05, 0) is 102 Å². The first-order valence-corrected chi connectivity index (χ1v) is 27.2. The van der Waals surface area contributed by atoms with Gasteiger partial charge in [0, 0.05) is 18.3 Å². The Labute approximate surface area is 256 Å². The minimum Gasteiger partial charge on any atom is -0.481 e. The number of carbonyl (C=O) groups excluding carboxylic acids is 2. The largest absolute Gasteiger partial charge is 0.481 e. The van der Waals surface area contributed by atoms with Crippen LogP contribution in [0.1, 0.15) is 50.0 Å². The maximum absolute atomic E-state index is 13.0. The highest BCUT2D eigenvalue weighted by atomic mass is 28.5. The summed E-state index contributed by atoms with van der Waals surface area (Å²) in [5.74, 6) is -1.17. The van der Waals surface area contributed by atoms with Crippen molar-refractivity contribution in [1.82, 2.24) is 10.6 Å². The van der Waals surface area contributed by atoms with Crippen molar-refractivity contribution in [2.45, 2.75) is 115 Å². The molecule has 0 aromatic heterocycles. The van der Waals surface area contributed by atoms with Crippen LogP contribution >= 0.6 is 0 Å². The number of carboxylic acids is 1. The molecule has 238 valence electrons. The summed E-state index contributed by atoms with van der Waals surface area (Å²) >= 11 is 0. The molecule has 42 heavy (non-hydrogen) atoms. The molecule has 0 aliphatic heterocycles. The van der Waals surface area contributed by atoms with Crippen molar-refractivity contribution < 1.29 is 31.8 Å². The van der Waals surface area contributed by atoms with Gasteiger partial charge >= 0.3 is 20.8 Å². The number of hydrogen-bond donors (Lipinski definition) is 4. The van der Waals surface area contributed by atoms with E-state index >= 15 is 0 Å². The fourth-order valence-corrected chi connectivity index (χ4v) is 19.7. The van der Waals surface area contributed by atoms with Crippen LogP contribution in [0.15, 0.2) is 24.3 Å². The molecule has 1 aliphatic rings. The number of carbonyl (C=O) groups is 3. The fourth-order valence-electron chi connectivity index (χ4n) is 5.06. The van der Waals surface area contributed by atoms with Crippen molar-refractivity contribution in [2.75, 3.05) is 11.9 Å². The van der Waals surface area contributed by atoms with Crippen LogP contribution in [0.4, 0.5) is 10.5 Å². The third kappa shape index (κ3) is 14.1. The molecule has 1 aromatic carbocycles. The SMILES string of the molecule is C[Si](C)(C)O[Si](CCCNC(=O)C(CC(=O)O)NC(=O)Nc1ccc(C2CCCC2)cc1)(O[Si](C)(C)C)O[Si](C)(C)C. The van der Waals surface area contributed by atoms with Gasteiger partial charge in [-0.1, -0.05) is 25.0 Å². The van der Waals surface area contributed by atoms with Crippen molar-refractivity contribution >= 4 is 57.4 Å². The smallest absolute Gasteiger partial charge is 0.469 e. The highest BCUT2D eigenvalue weighted by Gasteiger charge is 2.49. The van der Waals surface area contributed by atoms with Crippen LogP contribution in [0.2, 0.25) is 65.0 Å². The van der Waals surface area contributed by atoms with Gasteiger partial charge in [0.1, 0.15) is 6.04 Å². The Balaban J connectivity index is 2.01. The fraction of sp³-hybridized carbons (Fsp3) is 0.679. The molecule has 1 unspecified atom stereocenters. The zero-order valence-corrected chi connectivity index (χ0v) is 31.0. The Hall–Kier alpha value is -1.82. The van der Waals surface area contributed by atoms with Gasteiger partial charge in [-0.3, -0.25) is 9.59 Å². The second-order valence-electron chi connectivity index (χ2n) is 14.1. The van der Waals surface area contributed by atoms with Gasteiger partial charge in [0.05, 0.1) is 6.42 Å². The van der Waals surface area contributed by atoms with Crippen LogP contribution in [0.5, 0.6) is 0 Å². The minimum atomic E-state index is -3.05. The third-order valence-electron chi connectivity index (χ3n) is 6.34. The monoisotopic (exact) mass is 655 g/mol. The number of carboxylic acid groups (broad SMARTS) is 1. The number of urea groups is 1. The highest BCUT2D eigenvalue weighted by molar-refractivity contribution is 6.90. The van der Waals surface area contributed by atoms with E-state index in [9.17, 15) is 19.5 Å². The van der Waals surface area contributed by atoms with E-state index in [1.165, 1.54) is 31.2 Å². The van der Waals surface area contributed by atoms with Crippen molar-refractivity contribution in [3.63, 3.8) is 0 Å². The van der Waals surface area contributed by atoms with Crippen LogP contribution in [0.3, 0.4) is 0 Å². The molecule has 0 bridgehead atoms. The summed E-state index contributed by atoms with van der Waals surface area (Å²) in [6, 6.07) is 6.39. The average molecular weight is 656 g/mol. The Bertz CT molecular complexity index is 1010. The molecule has 0 saturated heterocycles. The topological polar surface area (TPSA) is 135 Å². The summed E-state index contributed by atoms with van der Waals surface area (Å²) in [6.07, 6.45) is 4.86. The van der Waals surface area contributed by atoms with Crippen LogP contribution in [0, 0.1) is 0 Å². The molecule has 0 radical (unpaired) electrons. The number of amides is 3. The van der Waals surface area contributed by atoms with Crippen LogP contribution in [0.25, 0.3) is 0 Å². The maximum atomic E-state index is 13.0. The minimum absolute atomic E-state index is 0.273. The quantitative estimate of drug-likeness (QED) is 0.121. The van der Waals surface area contributed by atoms with E-state index in [0.29, 0.717) is 24.1 Å². The van der Waals surface area contributed by atoms with E-state index in [0.717, 1.165) is 0 Å². The van der Waals surface area contributed by atoms with E-state index < -0.39 is 64.1 Å². The average Bonchev–Trinajstić information content (AvgIpc) is 3.33. The molecule has 0 heterocycles. The predicted octanol–water partition coefficient (Wildman–Crippen LogP) is 6.31. The molecule has 3 amide bonds. The summed E-state index contributed by atoms with van der Waals surface area (Å²) in [4.78, 5) is 37.2. The van der Waals surface area contributed by atoms with Gasteiger partial charge in [0.15, 0.2) is 25.0 Å². The number of anilines is 1. The molecule has 1 fully saturated rings. The lowest BCUT2D eigenvalue weighted by Crippen LogP contribution is -2.60. The molecule has 2 rings (SSSR count). The summed E-state index contributed by atoms with van der Waals surface area (Å²) in [7, 11) is -9.12. The van der Waals surface area contributed by atoms with Gasteiger partial charge in [0.25, 0.3) is 0 Å². The first-order valence-electron chi connectivity index (χ1n) is 15.0. The first kappa shape index (κ1) is 36.4. The van der Waals surface area contributed by atoms with E-state index in [4.69, 9.17) is 12.3 Å². The summed E-state index contributed by atoms with van der Waals surface area (Å²) < 4.78 is 20.0. The molecule has 0 spiro atoms. The van der Waals surface area contributed by atoms with Gasteiger partial charge in [-0.2, -0.15) is 0 Å². The van der Waals surface area contributed by atoms with Crippen molar-refractivity contribution in [2.24, 2.45) is 0 Å². The van der Waals surface area contributed by atoms with Crippen molar-refractivity contribution in [1.29, 1.82) is 0 Å². The Morgan fingerprint density at radius 1 is 0.857 bits per heavy atom. The molecule has 1 atom stereocenters. The Kier molecular flexibility index (Phi) is 13.2. The van der Waals surface area contributed by atoms with Crippen LogP contribution < -0.4 is 16.0 Å². The van der Waals surface area contributed by atoms with Crippen LogP contribution in [-0.2, 0) is 21.9 Å². The Morgan fingerprint density at radius 3 is 1.81 bits per heavy atom. The second-order valence-corrected chi connectivity index (χ2v) is 31.1. The molecule has 1 saturated carbocycles. The Morgan fingerprint density at radius 2 is 1.36 bits per heavy atom. The lowest BCUT2D eigenvalue weighted by Gasteiger charge is -2.43. The number of nitrogens with one attached hydrogen (secondary N) is 3. The molecule has 10 nitrogen and oxygen atoms in total. The van der Waals surface area contributed by atoms with Crippen molar-refractivity contribution in [3.05, 3.63) is 29.8 Å². The molecular formula is C28H53N3O7Si4. The molecule has 1 aliphatic carbocycles. The number of rotatable bonds is 16.